The topological polar surface area (TPSA) is 95.1 Å². The van der Waals surface area contributed by atoms with E-state index in [2.05, 4.69) is 15.3 Å². The Bertz CT molecular complexity index is 1120. The number of nitrogens with zero attached hydrogens (tertiary/aromatic N) is 3. The molecule has 0 saturated carbocycles. The molecule has 0 aliphatic carbocycles. The number of amides is 1. The minimum Gasteiger partial charge on any atom is -0.382 e. The Morgan fingerprint density at radius 1 is 1.07 bits per heavy atom. The van der Waals surface area contributed by atoms with Gasteiger partial charge in [-0.25, -0.2) is 9.97 Å². The van der Waals surface area contributed by atoms with Gasteiger partial charge in [-0.2, -0.15) is 0 Å². The first-order valence-corrected chi connectivity index (χ1v) is 9.60. The number of nitrogens with one attached hydrogen (secondary N) is 1. The Hall–Kier alpha value is -3.45. The third-order valence-corrected chi connectivity index (χ3v) is 4.73. The smallest absolute Gasteiger partial charge is 0.224 e. The van der Waals surface area contributed by atoms with Gasteiger partial charge in [0.25, 0.3) is 0 Å². The lowest BCUT2D eigenvalue weighted by atomic mass is 10.1. The summed E-state index contributed by atoms with van der Waals surface area (Å²) in [6, 6.07) is 17.6. The van der Waals surface area contributed by atoms with Crippen molar-refractivity contribution in [2.45, 2.75) is 13.0 Å². The van der Waals surface area contributed by atoms with Crippen molar-refractivity contribution in [1.29, 1.82) is 0 Å². The molecule has 29 heavy (non-hydrogen) atoms. The summed E-state index contributed by atoms with van der Waals surface area (Å²) in [5, 5.41) is 3.89. The zero-order valence-electron chi connectivity index (χ0n) is 16.0. The first kappa shape index (κ1) is 18.9. The molecular formula is C22H23N5O2. The summed E-state index contributed by atoms with van der Waals surface area (Å²) in [7, 11) is 0. The SMILES string of the molecule is Nc1nc2ccccc2c2c1ncn2CCOCCNC(=O)Cc1ccccc1. The minimum atomic E-state index is -0.00477. The summed E-state index contributed by atoms with van der Waals surface area (Å²) in [5.41, 5.74) is 9.57. The van der Waals surface area contributed by atoms with Crippen molar-refractivity contribution in [1.82, 2.24) is 19.9 Å². The number of aromatic nitrogens is 3. The quantitative estimate of drug-likeness (QED) is 0.452. The fraction of sp³-hybridized carbons (Fsp3) is 0.227. The number of imidazole rings is 1. The molecule has 0 saturated heterocycles. The number of hydrogen-bond acceptors (Lipinski definition) is 5. The lowest BCUT2D eigenvalue weighted by Gasteiger charge is -2.09. The van der Waals surface area contributed by atoms with Crippen molar-refractivity contribution in [2.24, 2.45) is 0 Å². The van der Waals surface area contributed by atoms with E-state index in [1.807, 2.05) is 59.2 Å². The molecule has 0 fully saturated rings. The van der Waals surface area contributed by atoms with Gasteiger partial charge in [0.15, 0.2) is 5.82 Å². The van der Waals surface area contributed by atoms with E-state index in [0.717, 1.165) is 22.0 Å². The fourth-order valence-corrected chi connectivity index (χ4v) is 3.35. The van der Waals surface area contributed by atoms with E-state index >= 15 is 0 Å². The van der Waals surface area contributed by atoms with E-state index in [1.54, 1.807) is 6.33 Å². The number of benzene rings is 2. The molecule has 0 atom stereocenters. The van der Waals surface area contributed by atoms with E-state index in [0.29, 0.717) is 44.1 Å². The summed E-state index contributed by atoms with van der Waals surface area (Å²) in [5.74, 6) is 0.425. The van der Waals surface area contributed by atoms with Gasteiger partial charge in [0.2, 0.25) is 5.91 Å². The van der Waals surface area contributed by atoms with Crippen LogP contribution in [0.5, 0.6) is 0 Å². The minimum absolute atomic E-state index is 0.00477. The molecule has 0 bridgehead atoms. The summed E-state index contributed by atoms with van der Waals surface area (Å²) in [4.78, 5) is 20.8. The number of fused-ring (bicyclic) bond motifs is 3. The van der Waals surface area contributed by atoms with Crippen molar-refractivity contribution < 1.29 is 9.53 Å². The maximum atomic E-state index is 11.9. The van der Waals surface area contributed by atoms with Crippen molar-refractivity contribution in [3.8, 4) is 0 Å². The average molecular weight is 389 g/mol. The van der Waals surface area contributed by atoms with Crippen LogP contribution in [0.3, 0.4) is 0 Å². The van der Waals surface area contributed by atoms with Crippen LogP contribution >= 0.6 is 0 Å². The predicted molar refractivity (Wildman–Crippen MR) is 113 cm³/mol. The molecule has 4 rings (SSSR count). The largest absolute Gasteiger partial charge is 0.382 e. The van der Waals surface area contributed by atoms with Crippen molar-refractivity contribution in [2.75, 3.05) is 25.5 Å². The van der Waals surface area contributed by atoms with E-state index < -0.39 is 0 Å². The van der Waals surface area contributed by atoms with E-state index in [4.69, 9.17) is 10.5 Å². The van der Waals surface area contributed by atoms with Crippen LogP contribution in [0.25, 0.3) is 21.9 Å². The molecule has 7 heteroatoms. The van der Waals surface area contributed by atoms with Crippen molar-refractivity contribution in [3.05, 3.63) is 66.5 Å². The Kier molecular flexibility index (Phi) is 5.67. The molecule has 4 aromatic rings. The summed E-state index contributed by atoms with van der Waals surface area (Å²) in [6.45, 7) is 2.09. The van der Waals surface area contributed by atoms with E-state index in [9.17, 15) is 4.79 Å². The van der Waals surface area contributed by atoms with Crippen molar-refractivity contribution in [3.63, 3.8) is 0 Å². The monoisotopic (exact) mass is 389 g/mol. The second-order valence-electron chi connectivity index (χ2n) is 6.77. The van der Waals surface area contributed by atoms with Gasteiger partial charge in [-0.15, -0.1) is 0 Å². The average Bonchev–Trinajstić information content (AvgIpc) is 3.16. The molecule has 0 radical (unpaired) electrons. The molecule has 0 unspecified atom stereocenters. The summed E-state index contributed by atoms with van der Waals surface area (Å²) < 4.78 is 7.72. The number of nitrogen functional groups attached to an aromatic ring is 1. The van der Waals surface area contributed by atoms with Crippen LogP contribution in [0.4, 0.5) is 5.82 Å². The Balaban J connectivity index is 1.28. The Morgan fingerprint density at radius 2 is 1.86 bits per heavy atom. The van der Waals surface area contributed by atoms with Gasteiger partial charge < -0.3 is 20.4 Å². The predicted octanol–water partition coefficient (Wildman–Crippen LogP) is 2.54. The molecule has 0 spiro atoms. The van der Waals surface area contributed by atoms with Gasteiger partial charge in [0.1, 0.15) is 5.52 Å². The molecule has 2 aromatic carbocycles. The van der Waals surface area contributed by atoms with Gasteiger partial charge in [-0.1, -0.05) is 48.5 Å². The third-order valence-electron chi connectivity index (χ3n) is 4.73. The number of carbonyl (C=O) groups excluding carboxylic acids is 1. The standard InChI is InChI=1S/C22H23N5O2/c23-22-20-21(17-8-4-5-9-18(17)26-22)27(15-25-20)11-13-29-12-10-24-19(28)14-16-6-2-1-3-7-16/h1-9,15H,10-14H2,(H2,23,26)(H,24,28). The summed E-state index contributed by atoms with van der Waals surface area (Å²) in [6.07, 6.45) is 2.14. The van der Waals surface area contributed by atoms with Gasteiger partial charge in [-0.05, 0) is 11.6 Å². The number of para-hydroxylation sites is 1. The highest BCUT2D eigenvalue weighted by Gasteiger charge is 2.11. The third kappa shape index (κ3) is 4.35. The van der Waals surface area contributed by atoms with Crippen LogP contribution in [-0.2, 0) is 22.5 Å². The number of pyridine rings is 1. The van der Waals surface area contributed by atoms with Gasteiger partial charge in [-0.3, -0.25) is 4.79 Å². The van der Waals surface area contributed by atoms with Gasteiger partial charge in [0, 0.05) is 18.5 Å². The molecule has 1 amide bonds. The zero-order valence-corrected chi connectivity index (χ0v) is 16.0. The number of carbonyl (C=O) groups is 1. The van der Waals surface area contributed by atoms with Crippen LogP contribution in [-0.4, -0.2) is 40.2 Å². The first-order valence-electron chi connectivity index (χ1n) is 9.60. The Morgan fingerprint density at radius 3 is 2.72 bits per heavy atom. The van der Waals surface area contributed by atoms with Crippen LogP contribution in [0.2, 0.25) is 0 Å². The molecule has 2 aromatic heterocycles. The van der Waals surface area contributed by atoms with Gasteiger partial charge in [0.05, 0.1) is 37.0 Å². The molecule has 3 N–H and O–H groups in total. The molecule has 2 heterocycles. The molecule has 0 aliphatic heterocycles. The number of anilines is 1. The van der Waals surface area contributed by atoms with Crippen LogP contribution in [0.1, 0.15) is 5.56 Å². The lowest BCUT2D eigenvalue weighted by Crippen LogP contribution is -2.28. The zero-order chi connectivity index (χ0) is 20.1. The second-order valence-corrected chi connectivity index (χ2v) is 6.77. The molecule has 0 aliphatic rings. The number of hydrogen-bond donors (Lipinski definition) is 2. The van der Waals surface area contributed by atoms with Crippen molar-refractivity contribution >= 4 is 33.7 Å². The van der Waals surface area contributed by atoms with Crippen LogP contribution in [0.15, 0.2) is 60.9 Å². The molecular weight excluding hydrogens is 366 g/mol. The summed E-state index contributed by atoms with van der Waals surface area (Å²) >= 11 is 0. The second kappa shape index (κ2) is 8.70. The highest BCUT2D eigenvalue weighted by atomic mass is 16.5. The van der Waals surface area contributed by atoms with E-state index in [-0.39, 0.29) is 5.91 Å². The maximum absolute atomic E-state index is 11.9. The lowest BCUT2D eigenvalue weighted by molar-refractivity contribution is -0.120. The van der Waals surface area contributed by atoms with E-state index in [1.165, 1.54) is 0 Å². The van der Waals surface area contributed by atoms with Crippen LogP contribution in [0, 0.1) is 0 Å². The van der Waals surface area contributed by atoms with Crippen LogP contribution < -0.4 is 11.1 Å². The number of nitrogens with two attached hydrogens (primary N) is 1. The maximum Gasteiger partial charge on any atom is 0.224 e. The molecule has 148 valence electrons. The highest BCUT2D eigenvalue weighted by Crippen LogP contribution is 2.26. The number of rotatable bonds is 8. The Labute approximate surface area is 168 Å². The fourth-order valence-electron chi connectivity index (χ4n) is 3.35. The molecule has 7 nitrogen and oxygen atoms in total. The first-order chi connectivity index (χ1) is 14.2. The highest BCUT2D eigenvalue weighted by molar-refractivity contribution is 6.06. The normalized spacial score (nSPS) is 11.2. The number of ether oxygens (including phenoxy) is 1. The van der Waals surface area contributed by atoms with Gasteiger partial charge >= 0.3 is 0 Å².